The van der Waals surface area contributed by atoms with E-state index in [1.165, 1.54) is 0 Å². The number of benzene rings is 1. The van der Waals surface area contributed by atoms with E-state index in [-0.39, 0.29) is 0 Å². The van der Waals surface area contributed by atoms with Gasteiger partial charge in [-0.05, 0) is 6.07 Å². The van der Waals surface area contributed by atoms with Crippen LogP contribution in [0.4, 0.5) is 5.69 Å². The van der Waals surface area contributed by atoms with Crippen molar-refractivity contribution in [3.63, 3.8) is 0 Å². The normalized spacial score (nSPS) is 10.3. The predicted molar refractivity (Wildman–Crippen MR) is 70.9 cm³/mol. The monoisotopic (exact) mass is 283 g/mol. The molecule has 0 atom stereocenters. The summed E-state index contributed by atoms with van der Waals surface area (Å²) in [7, 11) is 3.13. The van der Waals surface area contributed by atoms with Crippen molar-refractivity contribution >= 4 is 17.3 Å². The molecule has 0 aliphatic rings. The summed E-state index contributed by atoms with van der Waals surface area (Å²) in [6.07, 6.45) is 0. The lowest BCUT2D eigenvalue weighted by Gasteiger charge is -2.12. The summed E-state index contributed by atoms with van der Waals surface area (Å²) in [5, 5.41) is 7.43. The van der Waals surface area contributed by atoms with Gasteiger partial charge in [-0.15, -0.1) is 0 Å². The zero-order chi connectivity index (χ0) is 13.8. The average Bonchev–Trinajstić information content (AvgIpc) is 2.82. The third-order valence-corrected chi connectivity index (χ3v) is 2.78. The van der Waals surface area contributed by atoms with Gasteiger partial charge in [0.1, 0.15) is 11.5 Å². The highest BCUT2D eigenvalue weighted by Gasteiger charge is 2.10. The van der Waals surface area contributed by atoms with Crippen LogP contribution in [0.15, 0.2) is 16.7 Å². The number of halogens is 1. The molecule has 0 spiro atoms. The van der Waals surface area contributed by atoms with Crippen molar-refractivity contribution in [2.75, 3.05) is 19.5 Å². The average molecular weight is 284 g/mol. The Morgan fingerprint density at radius 3 is 2.58 bits per heavy atom. The lowest BCUT2D eigenvalue weighted by Crippen LogP contribution is -2.03. The Hall–Kier alpha value is -1.95. The molecule has 0 amide bonds. The third-order valence-electron chi connectivity index (χ3n) is 2.48. The second-order valence-electron chi connectivity index (χ2n) is 3.77. The van der Waals surface area contributed by atoms with Crippen LogP contribution in [-0.2, 0) is 6.54 Å². The van der Waals surface area contributed by atoms with E-state index in [1.807, 2.05) is 0 Å². The molecule has 0 aliphatic carbocycles. The Labute approximate surface area is 115 Å². The zero-order valence-electron chi connectivity index (χ0n) is 10.9. The molecule has 1 aromatic carbocycles. The van der Waals surface area contributed by atoms with Gasteiger partial charge in [-0.2, -0.15) is 4.98 Å². The molecular formula is C12H14ClN3O3. The Kier molecular flexibility index (Phi) is 4.11. The Morgan fingerprint density at radius 2 is 2.00 bits per heavy atom. The number of nitrogens with one attached hydrogen (secondary N) is 1. The van der Waals surface area contributed by atoms with Crippen molar-refractivity contribution in [2.45, 2.75) is 13.5 Å². The summed E-state index contributed by atoms with van der Waals surface area (Å²) in [6, 6.07) is 3.44. The molecule has 0 bridgehead atoms. The topological polar surface area (TPSA) is 69.4 Å². The van der Waals surface area contributed by atoms with Crippen molar-refractivity contribution < 1.29 is 14.0 Å². The number of hydrogen-bond acceptors (Lipinski definition) is 6. The number of hydrogen-bond donors (Lipinski definition) is 1. The Balaban J connectivity index is 2.17. The van der Waals surface area contributed by atoms with Gasteiger partial charge in [-0.3, -0.25) is 0 Å². The first kappa shape index (κ1) is 13.5. The van der Waals surface area contributed by atoms with E-state index in [0.717, 1.165) is 5.69 Å². The Bertz CT molecular complexity index is 571. The van der Waals surface area contributed by atoms with E-state index in [0.29, 0.717) is 34.8 Å². The molecule has 1 heterocycles. The van der Waals surface area contributed by atoms with Crippen LogP contribution < -0.4 is 14.8 Å². The first-order chi connectivity index (χ1) is 9.13. The van der Waals surface area contributed by atoms with Crippen LogP contribution in [0.5, 0.6) is 11.5 Å². The number of anilines is 1. The molecule has 0 saturated carbocycles. The van der Waals surface area contributed by atoms with E-state index in [1.54, 1.807) is 33.3 Å². The highest BCUT2D eigenvalue weighted by atomic mass is 35.5. The van der Waals surface area contributed by atoms with Crippen molar-refractivity contribution in [3.8, 4) is 11.5 Å². The van der Waals surface area contributed by atoms with Crippen LogP contribution in [0.1, 0.15) is 11.7 Å². The van der Waals surface area contributed by atoms with Gasteiger partial charge in [0.25, 0.3) is 0 Å². The SMILES string of the molecule is COc1cc(OC)c(NCc2noc(C)n2)cc1Cl. The number of aryl methyl sites for hydroxylation is 1. The van der Waals surface area contributed by atoms with Crippen LogP contribution in [0.25, 0.3) is 0 Å². The number of methoxy groups -OCH3 is 2. The van der Waals surface area contributed by atoms with Gasteiger partial charge >= 0.3 is 0 Å². The fourth-order valence-electron chi connectivity index (χ4n) is 1.59. The fourth-order valence-corrected chi connectivity index (χ4v) is 1.83. The van der Waals surface area contributed by atoms with Gasteiger partial charge in [-0.1, -0.05) is 16.8 Å². The molecule has 2 rings (SSSR count). The fraction of sp³-hybridized carbons (Fsp3) is 0.333. The summed E-state index contributed by atoms with van der Waals surface area (Å²) in [6.45, 7) is 2.15. The minimum atomic E-state index is 0.413. The standard InChI is InChI=1S/C12H14ClN3O3/c1-7-15-12(16-19-7)6-14-9-4-8(13)10(17-2)5-11(9)18-3/h4-5,14H,6H2,1-3H3. The third kappa shape index (κ3) is 3.08. The summed E-state index contributed by atoms with van der Waals surface area (Å²) in [5.74, 6) is 2.27. The van der Waals surface area contributed by atoms with Gasteiger partial charge in [0, 0.05) is 13.0 Å². The van der Waals surface area contributed by atoms with E-state index in [2.05, 4.69) is 15.5 Å². The maximum Gasteiger partial charge on any atom is 0.223 e. The van der Waals surface area contributed by atoms with Crippen LogP contribution in [0.3, 0.4) is 0 Å². The summed E-state index contributed by atoms with van der Waals surface area (Å²) < 4.78 is 15.3. The maximum absolute atomic E-state index is 6.07. The first-order valence-electron chi connectivity index (χ1n) is 5.58. The molecule has 7 heteroatoms. The number of rotatable bonds is 5. The molecule has 102 valence electrons. The van der Waals surface area contributed by atoms with Gasteiger partial charge in [0.15, 0.2) is 5.82 Å². The molecule has 0 saturated heterocycles. The quantitative estimate of drug-likeness (QED) is 0.910. The summed E-state index contributed by atoms with van der Waals surface area (Å²) in [4.78, 5) is 4.10. The minimum Gasteiger partial charge on any atom is -0.495 e. The lowest BCUT2D eigenvalue weighted by atomic mass is 10.2. The van der Waals surface area contributed by atoms with Crippen molar-refractivity contribution in [2.24, 2.45) is 0 Å². The van der Waals surface area contributed by atoms with Crippen molar-refractivity contribution in [1.82, 2.24) is 10.1 Å². The number of ether oxygens (including phenoxy) is 2. The molecule has 0 fully saturated rings. The second-order valence-corrected chi connectivity index (χ2v) is 4.18. The minimum absolute atomic E-state index is 0.413. The van der Waals surface area contributed by atoms with Gasteiger partial charge in [0.05, 0.1) is 31.5 Å². The molecule has 6 nitrogen and oxygen atoms in total. The van der Waals surface area contributed by atoms with Crippen molar-refractivity contribution in [3.05, 3.63) is 28.9 Å². The highest BCUT2D eigenvalue weighted by Crippen LogP contribution is 2.35. The molecular weight excluding hydrogens is 270 g/mol. The molecule has 19 heavy (non-hydrogen) atoms. The van der Waals surface area contributed by atoms with E-state index in [4.69, 9.17) is 25.6 Å². The van der Waals surface area contributed by atoms with Crippen LogP contribution in [0, 0.1) is 6.92 Å². The first-order valence-corrected chi connectivity index (χ1v) is 5.96. The molecule has 0 radical (unpaired) electrons. The number of aromatic nitrogens is 2. The van der Waals surface area contributed by atoms with Gasteiger partial charge in [-0.25, -0.2) is 0 Å². The molecule has 1 N–H and O–H groups in total. The second kappa shape index (κ2) is 5.79. The van der Waals surface area contributed by atoms with Gasteiger partial charge < -0.3 is 19.3 Å². The zero-order valence-corrected chi connectivity index (χ0v) is 11.6. The lowest BCUT2D eigenvalue weighted by molar-refractivity contribution is 0.387. The van der Waals surface area contributed by atoms with E-state index < -0.39 is 0 Å². The largest absolute Gasteiger partial charge is 0.495 e. The van der Waals surface area contributed by atoms with Crippen molar-refractivity contribution in [1.29, 1.82) is 0 Å². The summed E-state index contributed by atoms with van der Waals surface area (Å²) in [5.41, 5.74) is 0.732. The van der Waals surface area contributed by atoms with Crippen LogP contribution >= 0.6 is 11.6 Å². The maximum atomic E-state index is 6.07. The predicted octanol–water partition coefficient (Wildman–Crippen LogP) is 2.66. The molecule has 0 aliphatic heterocycles. The molecule has 2 aromatic rings. The van der Waals surface area contributed by atoms with Crippen LogP contribution in [-0.4, -0.2) is 24.4 Å². The smallest absolute Gasteiger partial charge is 0.223 e. The molecule has 1 aromatic heterocycles. The van der Waals surface area contributed by atoms with E-state index in [9.17, 15) is 0 Å². The van der Waals surface area contributed by atoms with Gasteiger partial charge in [0.2, 0.25) is 5.89 Å². The van der Waals surface area contributed by atoms with Crippen LogP contribution in [0.2, 0.25) is 5.02 Å². The Morgan fingerprint density at radius 1 is 1.26 bits per heavy atom. The highest BCUT2D eigenvalue weighted by molar-refractivity contribution is 6.32. The van der Waals surface area contributed by atoms with E-state index >= 15 is 0 Å². The number of nitrogens with zero attached hydrogens (tertiary/aromatic N) is 2. The summed E-state index contributed by atoms with van der Waals surface area (Å²) >= 11 is 6.07. The molecule has 0 unspecified atom stereocenters.